The molecule has 2 fully saturated rings. The molecule has 16 heavy (non-hydrogen) atoms. The molecule has 1 N–H and O–H groups in total. The second-order valence-electron chi connectivity index (χ2n) is 5.81. The van der Waals surface area contributed by atoms with E-state index in [1.54, 1.807) is 0 Å². The second-order valence-corrected chi connectivity index (χ2v) is 5.81. The first-order valence-electron chi connectivity index (χ1n) is 6.24. The summed E-state index contributed by atoms with van der Waals surface area (Å²) in [5.74, 6) is 1.76. The maximum absolute atomic E-state index is 5.80. The molecule has 2 aliphatic heterocycles. The van der Waals surface area contributed by atoms with E-state index in [1.807, 2.05) is 0 Å². The summed E-state index contributed by atoms with van der Waals surface area (Å²) < 4.78 is 5.80. The summed E-state index contributed by atoms with van der Waals surface area (Å²) in [4.78, 5) is 6.72. The Balaban J connectivity index is 1.71. The van der Waals surface area contributed by atoms with Crippen LogP contribution in [0.15, 0.2) is 4.99 Å². The van der Waals surface area contributed by atoms with E-state index in [0.29, 0.717) is 18.1 Å². The van der Waals surface area contributed by atoms with Crippen LogP contribution in [0, 0.1) is 11.3 Å². The Kier molecular flexibility index (Phi) is 2.18. The van der Waals surface area contributed by atoms with Crippen LogP contribution in [-0.2, 0) is 4.74 Å². The first-order valence-corrected chi connectivity index (χ1v) is 6.24. The van der Waals surface area contributed by atoms with Gasteiger partial charge < -0.3 is 15.0 Å². The summed E-state index contributed by atoms with van der Waals surface area (Å²) in [5, 5.41) is 3.62. The summed E-state index contributed by atoms with van der Waals surface area (Å²) in [6.07, 6.45) is 1.65. The Morgan fingerprint density at radius 3 is 3.00 bits per heavy atom. The van der Waals surface area contributed by atoms with Gasteiger partial charge in [-0.25, -0.2) is 0 Å². The molecule has 0 spiro atoms. The summed E-state index contributed by atoms with van der Waals surface area (Å²) in [7, 11) is 2.10. The lowest BCUT2D eigenvalue weighted by atomic mass is 9.57. The van der Waals surface area contributed by atoms with Crippen LogP contribution in [0.3, 0.4) is 0 Å². The molecule has 90 valence electrons. The van der Waals surface area contributed by atoms with Crippen molar-refractivity contribution >= 4 is 5.96 Å². The standard InChI is InChI=1S/C12H21N3O/c1-12(2)9(8-4-7-16-10(8)12)14-11-13-5-6-15(11)3/h8-10H,4-7H2,1-3H3,(H,13,14). The summed E-state index contributed by atoms with van der Waals surface area (Å²) in [6.45, 7) is 7.50. The van der Waals surface area contributed by atoms with E-state index >= 15 is 0 Å². The first-order chi connectivity index (χ1) is 7.60. The zero-order chi connectivity index (χ0) is 11.3. The third-order valence-corrected chi connectivity index (χ3v) is 4.44. The molecule has 1 saturated carbocycles. The van der Waals surface area contributed by atoms with Crippen LogP contribution in [0.25, 0.3) is 0 Å². The molecule has 0 aromatic carbocycles. The van der Waals surface area contributed by atoms with Crippen LogP contribution in [0.1, 0.15) is 20.3 Å². The van der Waals surface area contributed by atoms with Crippen molar-refractivity contribution in [2.24, 2.45) is 16.3 Å². The van der Waals surface area contributed by atoms with Crippen molar-refractivity contribution in [3.8, 4) is 0 Å². The molecular weight excluding hydrogens is 202 g/mol. The van der Waals surface area contributed by atoms with Gasteiger partial charge in [0.2, 0.25) is 0 Å². The van der Waals surface area contributed by atoms with Gasteiger partial charge in [-0.3, -0.25) is 4.99 Å². The summed E-state index contributed by atoms with van der Waals surface area (Å²) in [5.41, 5.74) is 0.243. The number of likely N-dealkylation sites (N-methyl/N-ethyl adjacent to an activating group) is 1. The van der Waals surface area contributed by atoms with Crippen LogP contribution in [0.4, 0.5) is 0 Å². The SMILES string of the molecule is CN1CCN=C1NC1C2CCOC2C1(C)C. The molecule has 4 nitrogen and oxygen atoms in total. The van der Waals surface area contributed by atoms with Crippen molar-refractivity contribution in [1.29, 1.82) is 0 Å². The minimum absolute atomic E-state index is 0.243. The van der Waals surface area contributed by atoms with Crippen LogP contribution in [0.5, 0.6) is 0 Å². The van der Waals surface area contributed by atoms with Crippen LogP contribution < -0.4 is 5.32 Å². The summed E-state index contributed by atoms with van der Waals surface area (Å²) >= 11 is 0. The van der Waals surface area contributed by atoms with Gasteiger partial charge in [-0.05, 0) is 6.42 Å². The predicted molar refractivity (Wildman–Crippen MR) is 63.5 cm³/mol. The van der Waals surface area contributed by atoms with Gasteiger partial charge in [-0.15, -0.1) is 0 Å². The van der Waals surface area contributed by atoms with Crippen molar-refractivity contribution in [2.45, 2.75) is 32.4 Å². The van der Waals surface area contributed by atoms with E-state index in [-0.39, 0.29) is 5.41 Å². The third-order valence-electron chi connectivity index (χ3n) is 4.44. The minimum atomic E-state index is 0.243. The fraction of sp³-hybridized carbons (Fsp3) is 0.917. The molecule has 1 saturated heterocycles. The van der Waals surface area contributed by atoms with Crippen molar-refractivity contribution in [3.63, 3.8) is 0 Å². The third kappa shape index (κ3) is 1.29. The van der Waals surface area contributed by atoms with E-state index in [2.05, 4.69) is 36.1 Å². The fourth-order valence-corrected chi connectivity index (χ4v) is 3.44. The number of fused-ring (bicyclic) bond motifs is 1. The van der Waals surface area contributed by atoms with Gasteiger partial charge in [0.1, 0.15) is 0 Å². The molecule has 0 radical (unpaired) electrons. The van der Waals surface area contributed by atoms with Gasteiger partial charge >= 0.3 is 0 Å². The lowest BCUT2D eigenvalue weighted by Gasteiger charge is -2.55. The monoisotopic (exact) mass is 223 g/mol. The molecule has 3 rings (SSSR count). The van der Waals surface area contributed by atoms with Gasteiger partial charge in [0.25, 0.3) is 0 Å². The number of hydrogen-bond acceptors (Lipinski definition) is 4. The molecule has 3 aliphatic rings. The van der Waals surface area contributed by atoms with E-state index < -0.39 is 0 Å². The quantitative estimate of drug-likeness (QED) is 0.710. The van der Waals surface area contributed by atoms with Gasteiger partial charge in [0.15, 0.2) is 5.96 Å². The lowest BCUT2D eigenvalue weighted by molar-refractivity contribution is -0.107. The predicted octanol–water partition coefficient (Wildman–Crippen LogP) is 0.691. The maximum atomic E-state index is 5.80. The van der Waals surface area contributed by atoms with E-state index in [9.17, 15) is 0 Å². The number of guanidine groups is 1. The number of ether oxygens (including phenoxy) is 1. The van der Waals surface area contributed by atoms with E-state index in [1.165, 1.54) is 6.42 Å². The highest BCUT2D eigenvalue weighted by Gasteiger charge is 2.59. The van der Waals surface area contributed by atoms with Crippen LogP contribution >= 0.6 is 0 Å². The molecule has 3 unspecified atom stereocenters. The van der Waals surface area contributed by atoms with Crippen molar-refractivity contribution in [2.75, 3.05) is 26.7 Å². The second kappa shape index (κ2) is 3.36. The largest absolute Gasteiger partial charge is 0.377 e. The normalized spacial score (nSPS) is 40.3. The number of hydrogen-bond donors (Lipinski definition) is 1. The Morgan fingerprint density at radius 1 is 1.50 bits per heavy atom. The van der Waals surface area contributed by atoms with Gasteiger partial charge in [0, 0.05) is 37.6 Å². The van der Waals surface area contributed by atoms with Gasteiger partial charge in [-0.1, -0.05) is 13.8 Å². The molecule has 0 aromatic rings. The highest BCUT2D eigenvalue weighted by molar-refractivity contribution is 5.81. The molecule has 0 amide bonds. The van der Waals surface area contributed by atoms with Crippen molar-refractivity contribution < 1.29 is 4.74 Å². The minimum Gasteiger partial charge on any atom is -0.377 e. The molecule has 3 atom stereocenters. The topological polar surface area (TPSA) is 36.9 Å². The average molecular weight is 223 g/mol. The molecule has 0 bridgehead atoms. The zero-order valence-corrected chi connectivity index (χ0v) is 10.4. The van der Waals surface area contributed by atoms with Crippen molar-refractivity contribution in [3.05, 3.63) is 0 Å². The average Bonchev–Trinajstić information content (AvgIpc) is 2.82. The number of nitrogens with zero attached hydrogens (tertiary/aromatic N) is 2. The van der Waals surface area contributed by atoms with Crippen LogP contribution in [0.2, 0.25) is 0 Å². The first kappa shape index (κ1) is 10.4. The molecular formula is C12H21N3O. The maximum Gasteiger partial charge on any atom is 0.194 e. The Labute approximate surface area is 97.1 Å². The number of nitrogens with one attached hydrogen (secondary N) is 1. The number of rotatable bonds is 1. The molecule has 4 heteroatoms. The smallest absolute Gasteiger partial charge is 0.194 e. The Morgan fingerprint density at radius 2 is 2.31 bits per heavy atom. The summed E-state index contributed by atoms with van der Waals surface area (Å²) in [6, 6.07) is 0.527. The zero-order valence-electron chi connectivity index (χ0n) is 10.4. The van der Waals surface area contributed by atoms with Gasteiger partial charge in [0.05, 0.1) is 12.6 Å². The fourth-order valence-electron chi connectivity index (χ4n) is 3.44. The van der Waals surface area contributed by atoms with Crippen LogP contribution in [-0.4, -0.2) is 49.7 Å². The Bertz CT molecular complexity index is 326. The highest BCUT2D eigenvalue weighted by atomic mass is 16.5. The lowest BCUT2D eigenvalue weighted by Crippen LogP contribution is -2.67. The van der Waals surface area contributed by atoms with Gasteiger partial charge in [-0.2, -0.15) is 0 Å². The molecule has 1 aliphatic carbocycles. The molecule has 2 heterocycles. The van der Waals surface area contributed by atoms with E-state index in [0.717, 1.165) is 25.7 Å². The van der Waals surface area contributed by atoms with Crippen molar-refractivity contribution in [1.82, 2.24) is 10.2 Å². The molecule has 0 aromatic heterocycles. The van der Waals surface area contributed by atoms with E-state index in [4.69, 9.17) is 4.74 Å². The highest BCUT2D eigenvalue weighted by Crippen LogP contribution is 2.52. The number of aliphatic imine (C=N–C) groups is 1. The Hall–Kier alpha value is -0.770.